The third-order valence-electron chi connectivity index (χ3n) is 3.37. The first-order valence-electron chi connectivity index (χ1n) is 7.05. The van der Waals surface area contributed by atoms with Crippen molar-refractivity contribution >= 4 is 33.3 Å². The van der Waals surface area contributed by atoms with Gasteiger partial charge in [0.05, 0.1) is 5.39 Å². The summed E-state index contributed by atoms with van der Waals surface area (Å²) in [6.07, 6.45) is 0. The summed E-state index contributed by atoms with van der Waals surface area (Å²) < 4.78 is 0. The van der Waals surface area contributed by atoms with Crippen LogP contribution in [-0.4, -0.2) is 16.5 Å². The fraction of sp³-hybridized carbons (Fsp3) is 0.250. The first-order chi connectivity index (χ1) is 10.3. The van der Waals surface area contributed by atoms with Crippen molar-refractivity contribution in [1.82, 2.24) is 9.97 Å². The zero-order valence-corrected chi connectivity index (χ0v) is 13.0. The summed E-state index contributed by atoms with van der Waals surface area (Å²) >= 11 is 1.64. The number of anilines is 2. The molecule has 0 amide bonds. The van der Waals surface area contributed by atoms with Crippen molar-refractivity contribution in [2.75, 3.05) is 17.2 Å². The average molecular weight is 298 g/mol. The van der Waals surface area contributed by atoms with E-state index in [1.807, 2.05) is 12.3 Å². The standard InChI is InChI=1S/C16H18N4S/c1-3-17-16-19-14(13-8-9-21-15(13)20-16)18-10-12-7-5-4-6-11(12)2/h4-9H,3,10H2,1-2H3,(H2,17,18,19,20). The third-order valence-corrected chi connectivity index (χ3v) is 4.17. The molecule has 2 heterocycles. The Morgan fingerprint density at radius 1 is 1.10 bits per heavy atom. The predicted molar refractivity (Wildman–Crippen MR) is 90.1 cm³/mol. The van der Waals surface area contributed by atoms with Gasteiger partial charge < -0.3 is 10.6 Å². The molecule has 0 aliphatic heterocycles. The van der Waals surface area contributed by atoms with Gasteiger partial charge in [-0.25, -0.2) is 4.98 Å². The van der Waals surface area contributed by atoms with Crippen LogP contribution in [0.5, 0.6) is 0 Å². The zero-order chi connectivity index (χ0) is 14.7. The van der Waals surface area contributed by atoms with Crippen molar-refractivity contribution in [3.05, 3.63) is 46.8 Å². The molecule has 0 saturated heterocycles. The van der Waals surface area contributed by atoms with Crippen molar-refractivity contribution in [3.8, 4) is 0 Å². The molecule has 0 bridgehead atoms. The Balaban J connectivity index is 1.89. The fourth-order valence-corrected chi connectivity index (χ4v) is 2.98. The van der Waals surface area contributed by atoms with Crippen LogP contribution in [-0.2, 0) is 6.54 Å². The molecular formula is C16H18N4S. The first-order valence-corrected chi connectivity index (χ1v) is 7.93. The molecule has 0 atom stereocenters. The molecule has 4 nitrogen and oxygen atoms in total. The molecule has 0 aliphatic rings. The van der Waals surface area contributed by atoms with Crippen molar-refractivity contribution in [1.29, 1.82) is 0 Å². The minimum Gasteiger partial charge on any atom is -0.365 e. The van der Waals surface area contributed by atoms with Gasteiger partial charge in [-0.1, -0.05) is 24.3 Å². The van der Waals surface area contributed by atoms with Gasteiger partial charge in [-0.05, 0) is 36.4 Å². The van der Waals surface area contributed by atoms with Crippen LogP contribution in [0.15, 0.2) is 35.7 Å². The van der Waals surface area contributed by atoms with Gasteiger partial charge in [0.15, 0.2) is 0 Å². The van der Waals surface area contributed by atoms with E-state index in [0.29, 0.717) is 5.95 Å². The van der Waals surface area contributed by atoms with Crippen molar-refractivity contribution < 1.29 is 0 Å². The molecule has 108 valence electrons. The van der Waals surface area contributed by atoms with Gasteiger partial charge in [0.2, 0.25) is 5.95 Å². The molecule has 1 aromatic carbocycles. The normalized spacial score (nSPS) is 10.8. The summed E-state index contributed by atoms with van der Waals surface area (Å²) in [7, 11) is 0. The lowest BCUT2D eigenvalue weighted by atomic mass is 10.1. The summed E-state index contributed by atoms with van der Waals surface area (Å²) in [6, 6.07) is 10.5. The van der Waals surface area contributed by atoms with E-state index in [9.17, 15) is 0 Å². The highest BCUT2D eigenvalue weighted by Crippen LogP contribution is 2.27. The maximum absolute atomic E-state index is 4.58. The van der Waals surface area contributed by atoms with E-state index < -0.39 is 0 Å². The predicted octanol–water partition coefficient (Wildman–Crippen LogP) is 4.04. The SMILES string of the molecule is CCNc1nc(NCc2ccccc2C)c2ccsc2n1. The minimum absolute atomic E-state index is 0.680. The maximum Gasteiger partial charge on any atom is 0.226 e. The van der Waals surface area contributed by atoms with E-state index in [2.05, 4.69) is 57.9 Å². The average Bonchev–Trinajstić information content (AvgIpc) is 2.95. The van der Waals surface area contributed by atoms with Crippen LogP contribution in [0.1, 0.15) is 18.1 Å². The number of hydrogen-bond acceptors (Lipinski definition) is 5. The van der Waals surface area contributed by atoms with E-state index in [-0.39, 0.29) is 0 Å². The summed E-state index contributed by atoms with van der Waals surface area (Å²) in [5.74, 6) is 1.57. The van der Waals surface area contributed by atoms with Gasteiger partial charge in [-0.15, -0.1) is 11.3 Å². The number of hydrogen-bond donors (Lipinski definition) is 2. The molecule has 0 saturated carbocycles. The number of thiophene rings is 1. The Labute approximate surface area is 128 Å². The zero-order valence-electron chi connectivity index (χ0n) is 12.2. The summed E-state index contributed by atoms with van der Waals surface area (Å²) in [4.78, 5) is 10.1. The van der Waals surface area contributed by atoms with Gasteiger partial charge in [0, 0.05) is 13.1 Å². The Bertz CT molecular complexity index is 751. The van der Waals surface area contributed by atoms with E-state index in [1.165, 1.54) is 11.1 Å². The highest BCUT2D eigenvalue weighted by atomic mass is 32.1. The lowest BCUT2D eigenvalue weighted by Crippen LogP contribution is -2.07. The van der Waals surface area contributed by atoms with Gasteiger partial charge in [0.1, 0.15) is 10.6 Å². The summed E-state index contributed by atoms with van der Waals surface area (Å²) in [6.45, 7) is 5.75. The van der Waals surface area contributed by atoms with Crippen LogP contribution < -0.4 is 10.6 Å². The van der Waals surface area contributed by atoms with Crippen LogP contribution in [0.25, 0.3) is 10.2 Å². The number of aromatic nitrogens is 2. The molecule has 3 rings (SSSR count). The third kappa shape index (κ3) is 2.97. The van der Waals surface area contributed by atoms with E-state index in [1.54, 1.807) is 11.3 Å². The maximum atomic E-state index is 4.58. The molecule has 3 aromatic rings. The van der Waals surface area contributed by atoms with Crippen molar-refractivity contribution in [3.63, 3.8) is 0 Å². The molecule has 21 heavy (non-hydrogen) atoms. The van der Waals surface area contributed by atoms with Gasteiger partial charge in [-0.2, -0.15) is 4.98 Å². The second-order valence-electron chi connectivity index (χ2n) is 4.85. The molecule has 0 spiro atoms. The Kier molecular flexibility index (Phi) is 4.01. The first kappa shape index (κ1) is 13.8. The lowest BCUT2D eigenvalue weighted by Gasteiger charge is -2.10. The molecule has 0 aliphatic carbocycles. The highest BCUT2D eigenvalue weighted by Gasteiger charge is 2.08. The molecule has 0 radical (unpaired) electrons. The van der Waals surface area contributed by atoms with Gasteiger partial charge >= 0.3 is 0 Å². The minimum atomic E-state index is 0.680. The largest absolute Gasteiger partial charge is 0.365 e. The molecule has 5 heteroatoms. The quantitative estimate of drug-likeness (QED) is 0.746. The molecule has 2 N–H and O–H groups in total. The highest BCUT2D eigenvalue weighted by molar-refractivity contribution is 7.16. The molecular weight excluding hydrogens is 280 g/mol. The van der Waals surface area contributed by atoms with Crippen LogP contribution in [0.2, 0.25) is 0 Å². The van der Waals surface area contributed by atoms with E-state index in [0.717, 1.165) is 29.1 Å². The number of nitrogens with one attached hydrogen (secondary N) is 2. The monoisotopic (exact) mass is 298 g/mol. The Hall–Kier alpha value is -2.14. The smallest absolute Gasteiger partial charge is 0.226 e. The van der Waals surface area contributed by atoms with Gasteiger partial charge in [-0.3, -0.25) is 0 Å². The molecule has 0 fully saturated rings. The summed E-state index contributed by atoms with van der Waals surface area (Å²) in [5, 5.41) is 9.76. The Morgan fingerprint density at radius 2 is 1.95 bits per heavy atom. The van der Waals surface area contributed by atoms with Crippen LogP contribution in [0.4, 0.5) is 11.8 Å². The number of aryl methyl sites for hydroxylation is 1. The number of nitrogens with zero attached hydrogens (tertiary/aromatic N) is 2. The lowest BCUT2D eigenvalue weighted by molar-refractivity contribution is 1.07. The fourth-order valence-electron chi connectivity index (χ4n) is 2.21. The topological polar surface area (TPSA) is 49.8 Å². The second-order valence-corrected chi connectivity index (χ2v) is 5.74. The van der Waals surface area contributed by atoms with E-state index >= 15 is 0 Å². The van der Waals surface area contributed by atoms with Crippen LogP contribution in [0, 0.1) is 6.92 Å². The van der Waals surface area contributed by atoms with Crippen molar-refractivity contribution in [2.45, 2.75) is 20.4 Å². The molecule has 0 unspecified atom stereocenters. The second kappa shape index (κ2) is 6.10. The Morgan fingerprint density at radius 3 is 2.76 bits per heavy atom. The van der Waals surface area contributed by atoms with Crippen LogP contribution >= 0.6 is 11.3 Å². The summed E-state index contributed by atoms with van der Waals surface area (Å²) in [5.41, 5.74) is 2.57. The number of benzene rings is 1. The number of rotatable bonds is 5. The van der Waals surface area contributed by atoms with Crippen molar-refractivity contribution in [2.24, 2.45) is 0 Å². The van der Waals surface area contributed by atoms with Gasteiger partial charge in [0.25, 0.3) is 0 Å². The molecule has 2 aromatic heterocycles. The van der Waals surface area contributed by atoms with E-state index in [4.69, 9.17) is 0 Å². The number of fused-ring (bicyclic) bond motifs is 1. The van der Waals surface area contributed by atoms with Crippen LogP contribution in [0.3, 0.4) is 0 Å².